The second-order valence-corrected chi connectivity index (χ2v) is 7.25. The SMILES string of the molecule is COC(=O)CN(c1ccc(CC#N)cc1)S(=O)(=O)c1ccc(OC)c(F)c1. The lowest BCUT2D eigenvalue weighted by atomic mass is 10.1. The summed E-state index contributed by atoms with van der Waals surface area (Å²) in [6.45, 7) is -0.593. The molecule has 0 aliphatic rings. The monoisotopic (exact) mass is 392 g/mol. The fourth-order valence-electron chi connectivity index (χ4n) is 2.30. The number of rotatable bonds is 7. The molecule has 0 radical (unpaired) electrons. The second-order valence-electron chi connectivity index (χ2n) is 5.39. The number of sulfonamides is 1. The van der Waals surface area contributed by atoms with Crippen molar-refractivity contribution in [3.63, 3.8) is 0 Å². The van der Waals surface area contributed by atoms with Gasteiger partial charge in [-0.3, -0.25) is 9.10 Å². The van der Waals surface area contributed by atoms with Gasteiger partial charge in [-0.25, -0.2) is 12.8 Å². The van der Waals surface area contributed by atoms with Crippen molar-refractivity contribution in [3.8, 4) is 11.8 Å². The highest BCUT2D eigenvalue weighted by Gasteiger charge is 2.28. The van der Waals surface area contributed by atoms with E-state index in [0.717, 1.165) is 17.5 Å². The minimum absolute atomic E-state index is 0.102. The largest absolute Gasteiger partial charge is 0.494 e. The van der Waals surface area contributed by atoms with Crippen LogP contribution in [0.25, 0.3) is 0 Å². The zero-order valence-electron chi connectivity index (χ0n) is 14.7. The summed E-state index contributed by atoms with van der Waals surface area (Å²) in [7, 11) is -1.86. The van der Waals surface area contributed by atoms with E-state index >= 15 is 0 Å². The predicted molar refractivity (Wildman–Crippen MR) is 95.3 cm³/mol. The minimum Gasteiger partial charge on any atom is -0.494 e. The summed E-state index contributed by atoms with van der Waals surface area (Å²) >= 11 is 0. The van der Waals surface area contributed by atoms with Crippen LogP contribution in [-0.4, -0.2) is 35.2 Å². The van der Waals surface area contributed by atoms with Crippen LogP contribution in [0.5, 0.6) is 5.75 Å². The molecule has 2 aromatic rings. The molecule has 0 heterocycles. The van der Waals surface area contributed by atoms with Crippen molar-refractivity contribution in [2.75, 3.05) is 25.1 Å². The van der Waals surface area contributed by atoms with Gasteiger partial charge in [0.2, 0.25) is 0 Å². The Hall–Kier alpha value is -3.12. The third kappa shape index (κ3) is 4.54. The molecule has 7 nitrogen and oxygen atoms in total. The normalized spacial score (nSPS) is 10.7. The van der Waals surface area contributed by atoms with Gasteiger partial charge >= 0.3 is 5.97 Å². The fourth-order valence-corrected chi connectivity index (χ4v) is 3.72. The Morgan fingerprint density at radius 1 is 1.19 bits per heavy atom. The highest BCUT2D eigenvalue weighted by atomic mass is 32.2. The number of carbonyl (C=O) groups excluding carboxylic acids is 1. The average molecular weight is 392 g/mol. The number of hydrogen-bond donors (Lipinski definition) is 0. The first-order valence-electron chi connectivity index (χ1n) is 7.72. The van der Waals surface area contributed by atoms with Crippen molar-refractivity contribution in [1.29, 1.82) is 5.26 Å². The summed E-state index contributed by atoms with van der Waals surface area (Å²) in [5.74, 6) is -1.73. The van der Waals surface area contributed by atoms with Gasteiger partial charge in [-0.05, 0) is 35.9 Å². The summed E-state index contributed by atoms with van der Waals surface area (Å²) in [6.07, 6.45) is 0.160. The van der Waals surface area contributed by atoms with Gasteiger partial charge in [-0.15, -0.1) is 0 Å². The summed E-state index contributed by atoms with van der Waals surface area (Å²) < 4.78 is 50.2. The number of nitriles is 1. The zero-order valence-corrected chi connectivity index (χ0v) is 15.5. The highest BCUT2D eigenvalue weighted by Crippen LogP contribution is 2.27. The lowest BCUT2D eigenvalue weighted by Gasteiger charge is -2.23. The molecule has 2 aromatic carbocycles. The number of benzene rings is 2. The Kier molecular flexibility index (Phi) is 6.36. The Balaban J connectivity index is 2.50. The van der Waals surface area contributed by atoms with E-state index in [0.29, 0.717) is 5.56 Å². The van der Waals surface area contributed by atoms with Gasteiger partial charge in [0.15, 0.2) is 11.6 Å². The third-order valence-electron chi connectivity index (χ3n) is 3.72. The van der Waals surface area contributed by atoms with Crippen LogP contribution in [0.15, 0.2) is 47.4 Å². The highest BCUT2D eigenvalue weighted by molar-refractivity contribution is 7.92. The average Bonchev–Trinajstić information content (AvgIpc) is 2.66. The van der Waals surface area contributed by atoms with Crippen LogP contribution in [0.2, 0.25) is 0 Å². The Morgan fingerprint density at radius 3 is 2.37 bits per heavy atom. The van der Waals surface area contributed by atoms with E-state index in [2.05, 4.69) is 4.74 Å². The van der Waals surface area contributed by atoms with Crippen molar-refractivity contribution in [2.24, 2.45) is 0 Å². The summed E-state index contributed by atoms with van der Waals surface area (Å²) in [6, 6.07) is 11.3. The number of ether oxygens (including phenoxy) is 2. The summed E-state index contributed by atoms with van der Waals surface area (Å²) in [4.78, 5) is 11.4. The van der Waals surface area contributed by atoms with Crippen LogP contribution in [0, 0.1) is 17.1 Å². The van der Waals surface area contributed by atoms with E-state index in [1.807, 2.05) is 6.07 Å². The Bertz CT molecular complexity index is 968. The molecule has 0 unspecified atom stereocenters. The van der Waals surface area contributed by atoms with Crippen LogP contribution in [-0.2, 0) is 26.0 Å². The number of methoxy groups -OCH3 is 2. The predicted octanol–water partition coefficient (Wildman–Crippen LogP) is 2.27. The molecule has 0 amide bonds. The molecule has 0 bridgehead atoms. The molecule has 0 atom stereocenters. The quantitative estimate of drug-likeness (QED) is 0.671. The van der Waals surface area contributed by atoms with E-state index < -0.39 is 28.4 Å². The molecule has 2 rings (SSSR count). The van der Waals surface area contributed by atoms with Crippen LogP contribution < -0.4 is 9.04 Å². The van der Waals surface area contributed by atoms with E-state index in [-0.39, 0.29) is 22.8 Å². The van der Waals surface area contributed by atoms with E-state index in [1.54, 1.807) is 12.1 Å². The molecule has 27 heavy (non-hydrogen) atoms. The third-order valence-corrected chi connectivity index (χ3v) is 5.49. The van der Waals surface area contributed by atoms with Gasteiger partial charge < -0.3 is 9.47 Å². The Labute approximate surface area is 156 Å². The van der Waals surface area contributed by atoms with Crippen molar-refractivity contribution in [3.05, 3.63) is 53.8 Å². The zero-order chi connectivity index (χ0) is 20.0. The summed E-state index contributed by atoms with van der Waals surface area (Å²) in [5, 5.41) is 8.73. The number of esters is 1. The van der Waals surface area contributed by atoms with Gasteiger partial charge in [-0.2, -0.15) is 5.26 Å². The molecule has 0 N–H and O–H groups in total. The lowest BCUT2D eigenvalue weighted by Crippen LogP contribution is -2.36. The van der Waals surface area contributed by atoms with Crippen molar-refractivity contribution in [2.45, 2.75) is 11.3 Å². The molecule has 0 aliphatic heterocycles. The minimum atomic E-state index is -4.26. The molecule has 9 heteroatoms. The molecular formula is C18H17FN2O5S. The summed E-state index contributed by atoms with van der Waals surface area (Å²) in [5.41, 5.74) is 0.866. The molecule has 0 saturated heterocycles. The van der Waals surface area contributed by atoms with Crippen LogP contribution in [0.4, 0.5) is 10.1 Å². The van der Waals surface area contributed by atoms with Gasteiger partial charge in [0.05, 0.1) is 37.3 Å². The van der Waals surface area contributed by atoms with Gasteiger partial charge in [-0.1, -0.05) is 12.1 Å². The van der Waals surface area contributed by atoms with E-state index in [4.69, 9.17) is 10.00 Å². The molecular weight excluding hydrogens is 375 g/mol. The molecule has 0 aliphatic carbocycles. The van der Waals surface area contributed by atoms with Gasteiger partial charge in [0.25, 0.3) is 10.0 Å². The molecule has 0 spiro atoms. The van der Waals surface area contributed by atoms with Crippen LogP contribution in [0.1, 0.15) is 5.56 Å². The first kappa shape index (κ1) is 20.2. The van der Waals surface area contributed by atoms with Crippen LogP contribution >= 0.6 is 0 Å². The molecule has 0 aromatic heterocycles. The van der Waals surface area contributed by atoms with E-state index in [1.165, 1.54) is 31.4 Å². The number of halogens is 1. The Morgan fingerprint density at radius 2 is 1.85 bits per heavy atom. The molecule has 0 fully saturated rings. The first-order chi connectivity index (χ1) is 12.8. The maximum atomic E-state index is 14.0. The van der Waals surface area contributed by atoms with Crippen molar-refractivity contribution in [1.82, 2.24) is 0 Å². The maximum absolute atomic E-state index is 14.0. The second kappa shape index (κ2) is 8.51. The molecule has 0 saturated carbocycles. The molecule has 142 valence electrons. The number of hydrogen-bond acceptors (Lipinski definition) is 6. The fraction of sp³-hybridized carbons (Fsp3) is 0.222. The topological polar surface area (TPSA) is 96.7 Å². The number of carbonyl (C=O) groups is 1. The van der Waals surface area contributed by atoms with Gasteiger partial charge in [0, 0.05) is 0 Å². The maximum Gasteiger partial charge on any atom is 0.326 e. The van der Waals surface area contributed by atoms with E-state index in [9.17, 15) is 17.6 Å². The van der Waals surface area contributed by atoms with Crippen molar-refractivity contribution >= 4 is 21.7 Å². The smallest absolute Gasteiger partial charge is 0.326 e. The van der Waals surface area contributed by atoms with Crippen LogP contribution in [0.3, 0.4) is 0 Å². The standard InChI is InChI=1S/C18H17FN2O5S/c1-25-17-8-7-15(11-16(17)19)27(23,24)21(12-18(22)26-2)14-5-3-13(4-6-14)9-10-20/h3-8,11H,9,12H2,1-2H3. The number of anilines is 1. The van der Waals surface area contributed by atoms with Gasteiger partial charge in [0.1, 0.15) is 6.54 Å². The first-order valence-corrected chi connectivity index (χ1v) is 9.16. The number of nitrogens with zero attached hydrogens (tertiary/aromatic N) is 2. The van der Waals surface area contributed by atoms with Crippen molar-refractivity contribution < 1.29 is 27.1 Å². The lowest BCUT2D eigenvalue weighted by molar-refractivity contribution is -0.138.